The van der Waals surface area contributed by atoms with E-state index in [0.717, 1.165) is 47.7 Å². The Morgan fingerprint density at radius 2 is 1.84 bits per heavy atom. The third-order valence-electron chi connectivity index (χ3n) is 7.82. The van der Waals surface area contributed by atoms with Crippen molar-refractivity contribution in [3.63, 3.8) is 0 Å². The van der Waals surface area contributed by atoms with Gasteiger partial charge in [-0.15, -0.1) is 0 Å². The van der Waals surface area contributed by atoms with Gasteiger partial charge in [0.15, 0.2) is 0 Å². The van der Waals surface area contributed by atoms with Gasteiger partial charge in [-0.1, -0.05) is 54.6 Å². The van der Waals surface area contributed by atoms with E-state index in [-0.39, 0.29) is 24.8 Å². The molecule has 3 aromatic carbocycles. The summed E-state index contributed by atoms with van der Waals surface area (Å²) in [5.41, 5.74) is 9.60. The molecular formula is C33H35N5O4S. The Morgan fingerprint density at radius 1 is 1.02 bits per heavy atom. The van der Waals surface area contributed by atoms with Crippen LogP contribution in [0.25, 0.3) is 21.8 Å². The molecule has 6 rings (SSSR count). The van der Waals surface area contributed by atoms with Gasteiger partial charge in [0.1, 0.15) is 11.3 Å². The lowest BCUT2D eigenvalue weighted by Crippen LogP contribution is -2.33. The number of benzene rings is 3. The molecule has 222 valence electrons. The molecule has 1 fully saturated rings. The first-order valence-corrected chi connectivity index (χ1v) is 16.2. The Labute approximate surface area is 251 Å². The highest BCUT2D eigenvalue weighted by Gasteiger charge is 2.22. The Balaban J connectivity index is 1.36. The SMILES string of the molecule is NCc1ccc2cc(C(=O)OCC3CCCNC3)n(Cc3cc(NS(=O)(=O)Cc4ccccc4)cc4ccccc34)c2n1. The van der Waals surface area contributed by atoms with E-state index in [1.54, 1.807) is 18.2 Å². The van der Waals surface area contributed by atoms with Crippen LogP contribution in [-0.2, 0) is 33.6 Å². The predicted molar refractivity (Wildman–Crippen MR) is 169 cm³/mol. The van der Waals surface area contributed by atoms with Gasteiger partial charge in [0, 0.05) is 30.1 Å². The molecule has 4 N–H and O–H groups in total. The summed E-state index contributed by atoms with van der Waals surface area (Å²) < 4.78 is 36.7. The van der Waals surface area contributed by atoms with Crippen molar-refractivity contribution in [2.75, 3.05) is 24.4 Å². The van der Waals surface area contributed by atoms with Crippen LogP contribution >= 0.6 is 0 Å². The maximum Gasteiger partial charge on any atom is 0.355 e. The van der Waals surface area contributed by atoms with E-state index in [2.05, 4.69) is 10.0 Å². The lowest BCUT2D eigenvalue weighted by molar-refractivity contribution is 0.0409. The number of nitrogens with zero attached hydrogens (tertiary/aromatic N) is 2. The fourth-order valence-corrected chi connectivity index (χ4v) is 6.88. The molecule has 2 aromatic heterocycles. The summed E-state index contributed by atoms with van der Waals surface area (Å²) >= 11 is 0. The van der Waals surface area contributed by atoms with Gasteiger partial charge in [-0.3, -0.25) is 4.72 Å². The van der Waals surface area contributed by atoms with Gasteiger partial charge in [-0.2, -0.15) is 0 Å². The first kappa shape index (κ1) is 28.9. The Morgan fingerprint density at radius 3 is 2.63 bits per heavy atom. The molecule has 0 amide bonds. The standard InChI is InChI=1S/C33H35N5O4S/c34-18-28-13-12-26-17-31(33(39)42-21-24-9-6-14-35-19-24)38(32(26)36-28)20-27-16-29(15-25-10-4-5-11-30(25)27)37-43(40,41)22-23-7-2-1-3-8-23/h1-5,7-8,10-13,15-17,24,35,37H,6,9,14,18-22,34H2. The monoisotopic (exact) mass is 597 g/mol. The zero-order chi connectivity index (χ0) is 29.8. The molecule has 1 unspecified atom stereocenters. The van der Waals surface area contributed by atoms with E-state index in [1.165, 1.54) is 0 Å². The number of aromatic nitrogens is 2. The zero-order valence-corrected chi connectivity index (χ0v) is 24.6. The molecule has 10 heteroatoms. The largest absolute Gasteiger partial charge is 0.461 e. The minimum Gasteiger partial charge on any atom is -0.461 e. The average Bonchev–Trinajstić information content (AvgIpc) is 3.37. The van der Waals surface area contributed by atoms with Crippen molar-refractivity contribution in [1.29, 1.82) is 0 Å². The van der Waals surface area contributed by atoms with E-state index in [0.29, 0.717) is 34.9 Å². The number of hydrogen-bond donors (Lipinski definition) is 3. The van der Waals surface area contributed by atoms with Crippen molar-refractivity contribution in [1.82, 2.24) is 14.9 Å². The number of sulfonamides is 1. The summed E-state index contributed by atoms with van der Waals surface area (Å²) in [6.07, 6.45) is 2.08. The molecule has 0 aliphatic carbocycles. The summed E-state index contributed by atoms with van der Waals surface area (Å²) in [5.74, 6) is -0.278. The number of nitrogens with two attached hydrogens (primary N) is 1. The summed E-state index contributed by atoms with van der Waals surface area (Å²) in [4.78, 5) is 18.3. The molecule has 0 bridgehead atoms. The predicted octanol–water partition coefficient (Wildman–Crippen LogP) is 4.79. The van der Waals surface area contributed by atoms with E-state index in [1.807, 2.05) is 71.3 Å². The van der Waals surface area contributed by atoms with Gasteiger partial charge in [0.05, 0.1) is 24.6 Å². The highest BCUT2D eigenvalue weighted by atomic mass is 32.2. The number of pyridine rings is 1. The van der Waals surface area contributed by atoms with Crippen LogP contribution in [0.3, 0.4) is 0 Å². The number of carbonyl (C=O) groups excluding carboxylic acids is 1. The third kappa shape index (κ3) is 6.72. The van der Waals surface area contributed by atoms with Gasteiger partial charge < -0.3 is 20.4 Å². The molecule has 0 spiro atoms. The highest BCUT2D eigenvalue weighted by Crippen LogP contribution is 2.29. The summed E-state index contributed by atoms with van der Waals surface area (Å²) in [6.45, 7) is 2.70. The van der Waals surface area contributed by atoms with E-state index >= 15 is 0 Å². The molecular weight excluding hydrogens is 562 g/mol. The normalized spacial score (nSPS) is 15.5. The Bertz CT molecular complexity index is 1870. The molecule has 1 saturated heterocycles. The van der Waals surface area contributed by atoms with Gasteiger partial charge in [-0.05, 0) is 71.6 Å². The number of ether oxygens (including phenoxy) is 1. The van der Waals surface area contributed by atoms with Crippen molar-refractivity contribution < 1.29 is 17.9 Å². The molecule has 9 nitrogen and oxygen atoms in total. The van der Waals surface area contributed by atoms with Crippen molar-refractivity contribution in [3.8, 4) is 0 Å². The van der Waals surface area contributed by atoms with E-state index in [9.17, 15) is 13.2 Å². The molecule has 0 saturated carbocycles. The summed E-state index contributed by atoms with van der Waals surface area (Å²) in [6, 6.07) is 26.1. The number of nitrogens with one attached hydrogen (secondary N) is 2. The van der Waals surface area contributed by atoms with Crippen LogP contribution < -0.4 is 15.8 Å². The Hall–Kier alpha value is -4.25. The fourth-order valence-electron chi connectivity index (χ4n) is 5.70. The van der Waals surface area contributed by atoms with Crippen molar-refractivity contribution in [2.24, 2.45) is 11.7 Å². The lowest BCUT2D eigenvalue weighted by atomic mass is 10.0. The molecule has 1 aliphatic rings. The number of rotatable bonds is 10. The lowest BCUT2D eigenvalue weighted by Gasteiger charge is -2.22. The number of fused-ring (bicyclic) bond motifs is 2. The summed E-state index contributed by atoms with van der Waals surface area (Å²) in [7, 11) is -3.68. The van der Waals surface area contributed by atoms with Gasteiger partial charge in [0.25, 0.3) is 0 Å². The maximum atomic E-state index is 13.5. The van der Waals surface area contributed by atoms with Gasteiger partial charge >= 0.3 is 5.97 Å². The number of carbonyl (C=O) groups is 1. The summed E-state index contributed by atoms with van der Waals surface area (Å²) in [5, 5.41) is 5.98. The minimum absolute atomic E-state index is 0.142. The second-order valence-electron chi connectivity index (χ2n) is 11.0. The van der Waals surface area contributed by atoms with Crippen molar-refractivity contribution >= 4 is 43.5 Å². The number of esters is 1. The van der Waals surface area contributed by atoms with Crippen LogP contribution in [0.4, 0.5) is 5.69 Å². The van der Waals surface area contributed by atoms with Crippen LogP contribution in [0.5, 0.6) is 0 Å². The van der Waals surface area contributed by atoms with E-state index in [4.69, 9.17) is 15.5 Å². The Kier molecular flexibility index (Phi) is 8.42. The van der Waals surface area contributed by atoms with Crippen LogP contribution in [0, 0.1) is 5.92 Å². The number of anilines is 1. The molecule has 0 radical (unpaired) electrons. The van der Waals surface area contributed by atoms with Crippen LogP contribution in [0.2, 0.25) is 0 Å². The van der Waals surface area contributed by atoms with Crippen molar-refractivity contribution in [3.05, 3.63) is 107 Å². The highest BCUT2D eigenvalue weighted by molar-refractivity contribution is 7.91. The smallest absolute Gasteiger partial charge is 0.355 e. The molecule has 5 aromatic rings. The van der Waals surface area contributed by atoms with Gasteiger partial charge in [-0.25, -0.2) is 18.2 Å². The number of piperidine rings is 1. The number of hydrogen-bond acceptors (Lipinski definition) is 7. The third-order valence-corrected chi connectivity index (χ3v) is 9.08. The molecule has 1 aliphatic heterocycles. The molecule has 43 heavy (non-hydrogen) atoms. The second kappa shape index (κ2) is 12.5. The second-order valence-corrected chi connectivity index (χ2v) is 12.8. The van der Waals surface area contributed by atoms with Crippen LogP contribution in [0.1, 0.15) is 40.2 Å². The topological polar surface area (TPSA) is 128 Å². The van der Waals surface area contributed by atoms with Crippen LogP contribution in [0.15, 0.2) is 84.9 Å². The first-order chi connectivity index (χ1) is 20.9. The molecule has 3 heterocycles. The van der Waals surface area contributed by atoms with Gasteiger partial charge in [0.2, 0.25) is 10.0 Å². The average molecular weight is 598 g/mol. The maximum absolute atomic E-state index is 13.5. The first-order valence-electron chi connectivity index (χ1n) is 14.5. The quantitative estimate of drug-likeness (QED) is 0.197. The zero-order valence-electron chi connectivity index (χ0n) is 23.8. The van der Waals surface area contributed by atoms with Crippen LogP contribution in [-0.4, -0.2) is 43.6 Å². The minimum atomic E-state index is -3.68. The fraction of sp³-hybridized carbons (Fsp3) is 0.273. The van der Waals surface area contributed by atoms with Crippen molar-refractivity contribution in [2.45, 2.75) is 31.7 Å². The van der Waals surface area contributed by atoms with E-state index < -0.39 is 16.0 Å². The molecule has 1 atom stereocenters.